The monoisotopic (exact) mass is 288 g/mol. The number of hydrogen-bond donors (Lipinski definition) is 1. The van der Waals surface area contributed by atoms with Crippen molar-refractivity contribution in [2.24, 2.45) is 17.8 Å². The topological polar surface area (TPSA) is 49.4 Å². The molecule has 112 valence electrons. The maximum atomic E-state index is 12.2. The maximum Gasteiger partial charge on any atom is 0.215 e. The van der Waals surface area contributed by atoms with Gasteiger partial charge in [0.15, 0.2) is 0 Å². The zero-order valence-electron chi connectivity index (χ0n) is 12.4. The third-order valence-electron chi connectivity index (χ3n) is 4.76. The highest BCUT2D eigenvalue weighted by atomic mass is 32.2. The Morgan fingerprint density at radius 3 is 2.53 bits per heavy atom. The lowest BCUT2D eigenvalue weighted by Gasteiger charge is -2.27. The van der Waals surface area contributed by atoms with Crippen LogP contribution < -0.4 is 5.32 Å². The van der Waals surface area contributed by atoms with Gasteiger partial charge in [0.1, 0.15) is 0 Å². The molecule has 0 aromatic heterocycles. The average molecular weight is 288 g/mol. The standard InChI is InChI=1S/C14H28N2O2S/c1-11(2)15-6-7-19(17,18)16(3)10-14-9-12-4-5-13(14)8-12/h11-15H,4-10H2,1-3H3. The van der Waals surface area contributed by atoms with Crippen LogP contribution in [-0.4, -0.2) is 44.7 Å². The van der Waals surface area contributed by atoms with Crippen LogP contribution in [0.2, 0.25) is 0 Å². The van der Waals surface area contributed by atoms with Crippen LogP contribution in [0.1, 0.15) is 39.5 Å². The third kappa shape index (κ3) is 3.92. The Bertz CT molecular complexity index is 394. The first-order chi connectivity index (χ1) is 8.88. The fourth-order valence-corrected chi connectivity index (χ4v) is 4.78. The van der Waals surface area contributed by atoms with Gasteiger partial charge in [-0.3, -0.25) is 0 Å². The van der Waals surface area contributed by atoms with Gasteiger partial charge in [0.05, 0.1) is 5.75 Å². The Balaban J connectivity index is 1.79. The minimum absolute atomic E-state index is 0.211. The van der Waals surface area contributed by atoms with Crippen molar-refractivity contribution in [2.45, 2.75) is 45.6 Å². The van der Waals surface area contributed by atoms with E-state index in [-0.39, 0.29) is 5.75 Å². The highest BCUT2D eigenvalue weighted by molar-refractivity contribution is 7.89. The van der Waals surface area contributed by atoms with E-state index in [9.17, 15) is 8.42 Å². The zero-order chi connectivity index (χ0) is 14.0. The minimum atomic E-state index is -3.09. The number of sulfonamides is 1. The van der Waals surface area contributed by atoms with Crippen molar-refractivity contribution >= 4 is 10.0 Å². The Kier molecular flexibility index (Phi) is 4.90. The maximum absolute atomic E-state index is 12.2. The highest BCUT2D eigenvalue weighted by Crippen LogP contribution is 2.48. The van der Waals surface area contributed by atoms with Gasteiger partial charge in [0.2, 0.25) is 10.0 Å². The summed E-state index contributed by atoms with van der Waals surface area (Å²) in [6.45, 7) is 5.34. The molecule has 0 spiro atoms. The lowest BCUT2D eigenvalue weighted by Crippen LogP contribution is -2.38. The normalized spacial score (nSPS) is 30.7. The van der Waals surface area contributed by atoms with E-state index in [1.165, 1.54) is 25.7 Å². The first kappa shape index (κ1) is 15.3. The average Bonchev–Trinajstić information content (AvgIpc) is 2.89. The summed E-state index contributed by atoms with van der Waals surface area (Å²) >= 11 is 0. The lowest BCUT2D eigenvalue weighted by atomic mass is 9.89. The second kappa shape index (κ2) is 6.10. The smallest absolute Gasteiger partial charge is 0.215 e. The number of hydrogen-bond acceptors (Lipinski definition) is 3. The van der Waals surface area contributed by atoms with Crippen LogP contribution in [0.3, 0.4) is 0 Å². The van der Waals surface area contributed by atoms with Crippen molar-refractivity contribution in [3.8, 4) is 0 Å². The Morgan fingerprint density at radius 1 is 1.26 bits per heavy atom. The Morgan fingerprint density at radius 2 is 2.00 bits per heavy atom. The predicted octanol–water partition coefficient (Wildman–Crippen LogP) is 1.68. The summed E-state index contributed by atoms with van der Waals surface area (Å²) in [7, 11) is -1.34. The van der Waals surface area contributed by atoms with E-state index in [4.69, 9.17) is 0 Å². The Hall–Kier alpha value is -0.130. The van der Waals surface area contributed by atoms with Crippen LogP contribution >= 0.6 is 0 Å². The second-order valence-electron chi connectivity index (χ2n) is 6.64. The Labute approximate surface area is 118 Å². The van der Waals surface area contributed by atoms with Crippen molar-refractivity contribution in [3.63, 3.8) is 0 Å². The molecular formula is C14H28N2O2S. The number of nitrogens with zero attached hydrogens (tertiary/aromatic N) is 1. The number of rotatable bonds is 7. The molecule has 2 bridgehead atoms. The zero-order valence-corrected chi connectivity index (χ0v) is 13.2. The van der Waals surface area contributed by atoms with Gasteiger partial charge in [0, 0.05) is 26.2 Å². The molecule has 0 amide bonds. The molecule has 0 aromatic rings. The van der Waals surface area contributed by atoms with E-state index in [2.05, 4.69) is 5.32 Å². The van der Waals surface area contributed by atoms with Crippen molar-refractivity contribution in [2.75, 3.05) is 25.9 Å². The number of nitrogens with one attached hydrogen (secondary N) is 1. The van der Waals surface area contributed by atoms with Crippen molar-refractivity contribution in [3.05, 3.63) is 0 Å². The second-order valence-corrected chi connectivity index (χ2v) is 8.84. The predicted molar refractivity (Wildman–Crippen MR) is 78.5 cm³/mol. The minimum Gasteiger partial charge on any atom is -0.313 e. The van der Waals surface area contributed by atoms with Gasteiger partial charge in [-0.15, -0.1) is 0 Å². The van der Waals surface area contributed by atoms with Gasteiger partial charge < -0.3 is 5.32 Å². The molecule has 1 N–H and O–H groups in total. The first-order valence-electron chi connectivity index (χ1n) is 7.56. The van der Waals surface area contributed by atoms with Crippen molar-refractivity contribution < 1.29 is 8.42 Å². The fraction of sp³-hybridized carbons (Fsp3) is 1.00. The van der Waals surface area contributed by atoms with Crippen LogP contribution in [-0.2, 0) is 10.0 Å². The molecule has 19 heavy (non-hydrogen) atoms. The molecule has 0 aromatic carbocycles. The summed E-state index contributed by atoms with van der Waals surface area (Å²) in [6.07, 6.45) is 5.27. The van der Waals surface area contributed by atoms with Crippen LogP contribution in [0, 0.1) is 17.8 Å². The lowest BCUT2D eigenvalue weighted by molar-refractivity contribution is 0.280. The summed E-state index contributed by atoms with van der Waals surface area (Å²) in [5.74, 6) is 2.49. The molecule has 2 fully saturated rings. The van der Waals surface area contributed by atoms with Crippen molar-refractivity contribution in [1.29, 1.82) is 0 Å². The largest absolute Gasteiger partial charge is 0.313 e. The molecule has 5 heteroatoms. The molecule has 0 aliphatic heterocycles. The molecule has 0 heterocycles. The van der Waals surface area contributed by atoms with Crippen LogP contribution in [0.25, 0.3) is 0 Å². The molecule has 4 nitrogen and oxygen atoms in total. The third-order valence-corrected chi connectivity index (χ3v) is 6.58. The molecule has 2 rings (SSSR count). The molecular weight excluding hydrogens is 260 g/mol. The summed E-state index contributed by atoms with van der Waals surface area (Å²) in [6, 6.07) is 0.339. The van der Waals surface area contributed by atoms with Crippen LogP contribution in [0.4, 0.5) is 0 Å². The first-order valence-corrected chi connectivity index (χ1v) is 9.17. The summed E-state index contributed by atoms with van der Waals surface area (Å²) in [4.78, 5) is 0. The molecule has 3 atom stereocenters. The summed E-state index contributed by atoms with van der Waals surface area (Å²) in [5, 5.41) is 3.17. The van der Waals surface area contributed by atoms with Gasteiger partial charge in [-0.05, 0) is 37.0 Å². The van der Waals surface area contributed by atoms with E-state index in [0.717, 1.165) is 18.4 Å². The molecule has 3 unspecified atom stereocenters. The van der Waals surface area contributed by atoms with E-state index >= 15 is 0 Å². The SMILES string of the molecule is CC(C)NCCS(=O)(=O)N(C)CC1CC2CCC1C2. The molecule has 0 saturated heterocycles. The van der Waals surface area contributed by atoms with E-state index in [1.807, 2.05) is 13.8 Å². The molecule has 2 aliphatic rings. The molecule has 2 aliphatic carbocycles. The highest BCUT2D eigenvalue weighted by Gasteiger charge is 2.40. The van der Waals surface area contributed by atoms with Crippen molar-refractivity contribution in [1.82, 2.24) is 9.62 Å². The van der Waals surface area contributed by atoms with Gasteiger partial charge >= 0.3 is 0 Å². The van der Waals surface area contributed by atoms with Gasteiger partial charge in [0.25, 0.3) is 0 Å². The van der Waals surface area contributed by atoms with E-state index < -0.39 is 10.0 Å². The van der Waals surface area contributed by atoms with Gasteiger partial charge in [-0.2, -0.15) is 0 Å². The summed E-state index contributed by atoms with van der Waals surface area (Å²) in [5.41, 5.74) is 0. The molecule has 0 radical (unpaired) electrons. The van der Waals surface area contributed by atoms with Gasteiger partial charge in [-0.1, -0.05) is 20.3 Å². The fourth-order valence-electron chi connectivity index (χ4n) is 3.68. The summed E-state index contributed by atoms with van der Waals surface area (Å²) < 4.78 is 26.0. The van der Waals surface area contributed by atoms with E-state index in [1.54, 1.807) is 11.4 Å². The number of fused-ring (bicyclic) bond motifs is 2. The van der Waals surface area contributed by atoms with Crippen LogP contribution in [0.5, 0.6) is 0 Å². The quantitative estimate of drug-likeness (QED) is 0.775. The molecule has 2 saturated carbocycles. The van der Waals surface area contributed by atoms with Crippen LogP contribution in [0.15, 0.2) is 0 Å². The van der Waals surface area contributed by atoms with Gasteiger partial charge in [-0.25, -0.2) is 12.7 Å². The van der Waals surface area contributed by atoms with E-state index in [0.29, 0.717) is 18.5 Å².